The Kier molecular flexibility index (Phi) is 4.29. The zero-order valence-electron chi connectivity index (χ0n) is 12.4. The molecule has 1 saturated heterocycles. The predicted octanol–water partition coefficient (Wildman–Crippen LogP) is 3.77. The SMILES string of the molecule is CC(C)Cn1c(CC2CCSCC2)nc2cccnc21. The molecule has 1 aliphatic heterocycles. The Labute approximate surface area is 125 Å². The number of aromatic nitrogens is 3. The van der Waals surface area contributed by atoms with Gasteiger partial charge in [0.15, 0.2) is 5.65 Å². The summed E-state index contributed by atoms with van der Waals surface area (Å²) in [7, 11) is 0. The molecule has 1 fully saturated rings. The average molecular weight is 289 g/mol. The number of nitrogens with zero attached hydrogens (tertiary/aromatic N) is 3. The smallest absolute Gasteiger partial charge is 0.159 e. The number of rotatable bonds is 4. The van der Waals surface area contributed by atoms with Crippen LogP contribution >= 0.6 is 11.8 Å². The van der Waals surface area contributed by atoms with Gasteiger partial charge in [0, 0.05) is 19.2 Å². The fourth-order valence-electron chi connectivity index (χ4n) is 2.93. The highest BCUT2D eigenvalue weighted by Gasteiger charge is 2.19. The lowest BCUT2D eigenvalue weighted by Crippen LogP contribution is -2.17. The third-order valence-corrected chi connectivity index (χ3v) is 4.99. The fourth-order valence-corrected chi connectivity index (χ4v) is 4.13. The molecule has 0 saturated carbocycles. The van der Waals surface area contributed by atoms with Crippen LogP contribution in [0.5, 0.6) is 0 Å². The first kappa shape index (κ1) is 13.9. The van der Waals surface area contributed by atoms with Gasteiger partial charge in [-0.3, -0.25) is 0 Å². The summed E-state index contributed by atoms with van der Waals surface area (Å²) in [5.74, 6) is 5.29. The van der Waals surface area contributed by atoms with Crippen molar-refractivity contribution in [3.63, 3.8) is 0 Å². The van der Waals surface area contributed by atoms with Crippen LogP contribution in [-0.2, 0) is 13.0 Å². The second kappa shape index (κ2) is 6.17. The van der Waals surface area contributed by atoms with E-state index in [9.17, 15) is 0 Å². The fraction of sp³-hybridized carbons (Fsp3) is 0.625. The molecule has 20 heavy (non-hydrogen) atoms. The van der Waals surface area contributed by atoms with Gasteiger partial charge in [-0.05, 0) is 48.3 Å². The Morgan fingerprint density at radius 1 is 1.35 bits per heavy atom. The zero-order valence-corrected chi connectivity index (χ0v) is 13.2. The largest absolute Gasteiger partial charge is 0.312 e. The van der Waals surface area contributed by atoms with Crippen molar-refractivity contribution in [1.82, 2.24) is 14.5 Å². The van der Waals surface area contributed by atoms with Crippen molar-refractivity contribution in [2.75, 3.05) is 11.5 Å². The summed E-state index contributed by atoms with van der Waals surface area (Å²) in [6.07, 6.45) is 5.66. The van der Waals surface area contributed by atoms with Crippen LogP contribution in [0, 0.1) is 11.8 Å². The lowest BCUT2D eigenvalue weighted by Gasteiger charge is -2.21. The van der Waals surface area contributed by atoms with Gasteiger partial charge >= 0.3 is 0 Å². The Bertz CT molecular complexity index is 570. The molecular weight excluding hydrogens is 266 g/mol. The predicted molar refractivity (Wildman–Crippen MR) is 86.1 cm³/mol. The van der Waals surface area contributed by atoms with E-state index in [1.54, 1.807) is 0 Å². The first-order valence-corrected chi connectivity index (χ1v) is 8.77. The van der Waals surface area contributed by atoms with Gasteiger partial charge in [0.25, 0.3) is 0 Å². The monoisotopic (exact) mass is 289 g/mol. The van der Waals surface area contributed by atoms with Crippen molar-refractivity contribution in [1.29, 1.82) is 0 Å². The first-order valence-electron chi connectivity index (χ1n) is 7.62. The minimum atomic E-state index is 0.620. The zero-order chi connectivity index (χ0) is 13.9. The van der Waals surface area contributed by atoms with Gasteiger partial charge < -0.3 is 4.57 Å². The van der Waals surface area contributed by atoms with Crippen molar-refractivity contribution < 1.29 is 0 Å². The maximum atomic E-state index is 4.85. The van der Waals surface area contributed by atoms with Crippen molar-refractivity contribution in [3.8, 4) is 0 Å². The number of thioether (sulfide) groups is 1. The van der Waals surface area contributed by atoms with Crippen LogP contribution in [0.15, 0.2) is 18.3 Å². The highest BCUT2D eigenvalue weighted by atomic mass is 32.2. The van der Waals surface area contributed by atoms with Crippen LogP contribution in [-0.4, -0.2) is 26.0 Å². The van der Waals surface area contributed by atoms with Crippen molar-refractivity contribution >= 4 is 22.9 Å². The lowest BCUT2D eigenvalue weighted by atomic mass is 9.98. The maximum absolute atomic E-state index is 4.85. The van der Waals surface area contributed by atoms with Crippen molar-refractivity contribution in [2.45, 2.75) is 39.7 Å². The highest BCUT2D eigenvalue weighted by Crippen LogP contribution is 2.27. The summed E-state index contributed by atoms with van der Waals surface area (Å²) in [5, 5.41) is 0. The van der Waals surface area contributed by atoms with Gasteiger partial charge in [0.1, 0.15) is 11.3 Å². The Balaban J connectivity index is 1.91. The summed E-state index contributed by atoms with van der Waals surface area (Å²) in [4.78, 5) is 9.40. The van der Waals surface area contributed by atoms with E-state index < -0.39 is 0 Å². The highest BCUT2D eigenvalue weighted by molar-refractivity contribution is 7.99. The summed E-state index contributed by atoms with van der Waals surface area (Å²) < 4.78 is 2.35. The third kappa shape index (κ3) is 3.00. The second-order valence-corrected chi connectivity index (χ2v) is 7.36. The summed E-state index contributed by atoms with van der Waals surface area (Å²) in [5.41, 5.74) is 2.11. The third-order valence-electron chi connectivity index (χ3n) is 3.94. The lowest BCUT2D eigenvalue weighted by molar-refractivity contribution is 0.448. The maximum Gasteiger partial charge on any atom is 0.159 e. The van der Waals surface area contributed by atoms with Crippen molar-refractivity contribution in [2.24, 2.45) is 11.8 Å². The molecule has 0 bridgehead atoms. The molecule has 108 valence electrons. The molecule has 2 aromatic rings. The molecule has 0 N–H and O–H groups in total. The average Bonchev–Trinajstić information content (AvgIpc) is 2.78. The van der Waals surface area contributed by atoms with E-state index in [2.05, 4.69) is 41.2 Å². The van der Waals surface area contributed by atoms with Crippen LogP contribution in [0.2, 0.25) is 0 Å². The molecule has 3 rings (SSSR count). The normalized spacial score (nSPS) is 17.1. The quantitative estimate of drug-likeness (QED) is 0.858. The number of hydrogen-bond acceptors (Lipinski definition) is 3. The molecule has 1 aliphatic rings. The molecule has 0 unspecified atom stereocenters. The van der Waals surface area contributed by atoms with Crippen LogP contribution in [0.25, 0.3) is 11.2 Å². The molecule has 4 heteroatoms. The van der Waals surface area contributed by atoms with Crippen LogP contribution < -0.4 is 0 Å². The molecule has 0 spiro atoms. The second-order valence-electron chi connectivity index (χ2n) is 6.14. The molecule has 0 radical (unpaired) electrons. The Morgan fingerprint density at radius 2 is 2.15 bits per heavy atom. The van der Waals surface area contributed by atoms with Gasteiger partial charge in [0.2, 0.25) is 0 Å². The van der Waals surface area contributed by atoms with E-state index in [0.717, 1.165) is 30.0 Å². The number of hydrogen-bond donors (Lipinski definition) is 0. The van der Waals surface area contributed by atoms with Gasteiger partial charge in [-0.25, -0.2) is 9.97 Å². The van der Waals surface area contributed by atoms with Gasteiger partial charge in [-0.15, -0.1) is 0 Å². The van der Waals surface area contributed by atoms with E-state index in [-0.39, 0.29) is 0 Å². The van der Waals surface area contributed by atoms with E-state index in [4.69, 9.17) is 4.98 Å². The molecule has 0 aliphatic carbocycles. The number of pyridine rings is 1. The van der Waals surface area contributed by atoms with E-state index in [1.807, 2.05) is 12.3 Å². The Morgan fingerprint density at radius 3 is 2.90 bits per heavy atom. The topological polar surface area (TPSA) is 30.7 Å². The molecule has 2 aromatic heterocycles. The molecule has 3 nitrogen and oxygen atoms in total. The number of imidazole rings is 1. The minimum absolute atomic E-state index is 0.620. The van der Waals surface area contributed by atoms with E-state index in [0.29, 0.717) is 5.92 Å². The molecule has 0 aromatic carbocycles. The summed E-state index contributed by atoms with van der Waals surface area (Å²) in [6.45, 7) is 5.54. The van der Waals surface area contributed by atoms with E-state index >= 15 is 0 Å². The first-order chi connectivity index (χ1) is 9.74. The van der Waals surface area contributed by atoms with E-state index in [1.165, 1.54) is 30.2 Å². The van der Waals surface area contributed by atoms with Crippen LogP contribution in [0.4, 0.5) is 0 Å². The van der Waals surface area contributed by atoms with Gasteiger partial charge in [0.05, 0.1) is 0 Å². The summed E-state index contributed by atoms with van der Waals surface area (Å²) >= 11 is 2.09. The minimum Gasteiger partial charge on any atom is -0.312 e. The standard InChI is InChI=1S/C16H23N3S/c1-12(2)11-19-15(10-13-5-8-20-9-6-13)18-14-4-3-7-17-16(14)19/h3-4,7,12-13H,5-6,8-11H2,1-2H3. The molecule has 0 atom stereocenters. The summed E-state index contributed by atoms with van der Waals surface area (Å²) in [6, 6.07) is 4.06. The molecule has 3 heterocycles. The van der Waals surface area contributed by atoms with Crippen LogP contribution in [0.1, 0.15) is 32.5 Å². The van der Waals surface area contributed by atoms with Crippen molar-refractivity contribution in [3.05, 3.63) is 24.2 Å². The van der Waals surface area contributed by atoms with Gasteiger partial charge in [-0.1, -0.05) is 13.8 Å². The number of fused-ring (bicyclic) bond motifs is 1. The molecule has 0 amide bonds. The molecular formula is C16H23N3S. The Hall–Kier alpha value is -1.03. The van der Waals surface area contributed by atoms with Crippen LogP contribution in [0.3, 0.4) is 0 Å². The van der Waals surface area contributed by atoms with Gasteiger partial charge in [-0.2, -0.15) is 11.8 Å².